The summed E-state index contributed by atoms with van der Waals surface area (Å²) in [6, 6.07) is 7.99. The van der Waals surface area contributed by atoms with E-state index in [0.29, 0.717) is 13.0 Å². The number of ether oxygens (including phenoxy) is 2. The number of rotatable bonds is 5. The zero-order chi connectivity index (χ0) is 15.3. The van der Waals surface area contributed by atoms with Crippen molar-refractivity contribution >= 4 is 5.97 Å². The first kappa shape index (κ1) is 15.8. The van der Waals surface area contributed by atoms with Crippen LogP contribution in [0.4, 0.5) is 0 Å². The fourth-order valence-electron chi connectivity index (χ4n) is 2.98. The molecular weight excluding hydrogens is 266 g/mol. The molecule has 1 N–H and O–H groups in total. The number of likely N-dealkylation sites (N-methyl/N-ethyl adjacent to an activating group) is 1. The van der Waals surface area contributed by atoms with Gasteiger partial charge in [0.1, 0.15) is 17.4 Å². The summed E-state index contributed by atoms with van der Waals surface area (Å²) < 4.78 is 11.4. The molecule has 1 aromatic rings. The molecule has 0 aliphatic heterocycles. The molecule has 4 nitrogen and oxygen atoms in total. The van der Waals surface area contributed by atoms with Crippen LogP contribution in [0.3, 0.4) is 0 Å². The summed E-state index contributed by atoms with van der Waals surface area (Å²) >= 11 is 0. The van der Waals surface area contributed by atoms with Crippen LogP contribution >= 0.6 is 0 Å². The third kappa shape index (κ3) is 3.56. The van der Waals surface area contributed by atoms with Gasteiger partial charge in [-0.15, -0.1) is 0 Å². The van der Waals surface area contributed by atoms with E-state index in [2.05, 4.69) is 5.32 Å². The number of esters is 1. The highest BCUT2D eigenvalue weighted by atomic mass is 16.5. The smallest absolute Gasteiger partial charge is 0.326 e. The minimum absolute atomic E-state index is 0.0386. The molecular formula is C17H25NO3. The summed E-state index contributed by atoms with van der Waals surface area (Å²) in [5.41, 5.74) is 0.510. The third-order valence-electron chi connectivity index (χ3n) is 4.24. The molecule has 0 saturated heterocycles. The molecule has 2 rings (SSSR count). The maximum Gasteiger partial charge on any atom is 0.326 e. The summed E-state index contributed by atoms with van der Waals surface area (Å²) in [5.74, 6) is 0.740. The van der Waals surface area contributed by atoms with Crippen molar-refractivity contribution in [1.29, 1.82) is 0 Å². The van der Waals surface area contributed by atoms with E-state index in [9.17, 15) is 4.79 Å². The van der Waals surface area contributed by atoms with Crippen LogP contribution in [0.1, 0.15) is 38.2 Å². The molecule has 1 aliphatic carbocycles. The van der Waals surface area contributed by atoms with Crippen LogP contribution in [0.15, 0.2) is 24.3 Å². The zero-order valence-electron chi connectivity index (χ0n) is 13.1. The summed E-state index contributed by atoms with van der Waals surface area (Å²) in [5, 5.41) is 3.18. The number of aryl methyl sites for hydroxylation is 1. The van der Waals surface area contributed by atoms with Crippen LogP contribution in [0.2, 0.25) is 0 Å². The van der Waals surface area contributed by atoms with Gasteiger partial charge in [0.25, 0.3) is 0 Å². The summed E-state index contributed by atoms with van der Waals surface area (Å²) in [7, 11) is 1.83. The lowest BCUT2D eigenvalue weighted by Crippen LogP contribution is -2.56. The highest BCUT2D eigenvalue weighted by Crippen LogP contribution is 2.32. The Hall–Kier alpha value is -1.55. The lowest BCUT2D eigenvalue weighted by molar-refractivity contribution is -0.154. The van der Waals surface area contributed by atoms with Gasteiger partial charge in [-0.3, -0.25) is 4.79 Å². The molecule has 1 saturated carbocycles. The lowest BCUT2D eigenvalue weighted by Gasteiger charge is -2.38. The van der Waals surface area contributed by atoms with Gasteiger partial charge in [0.2, 0.25) is 0 Å². The lowest BCUT2D eigenvalue weighted by atomic mass is 9.80. The normalized spacial score (nSPS) is 25.4. The van der Waals surface area contributed by atoms with Gasteiger partial charge in [-0.2, -0.15) is 0 Å². The molecule has 21 heavy (non-hydrogen) atoms. The van der Waals surface area contributed by atoms with E-state index in [4.69, 9.17) is 9.47 Å². The Morgan fingerprint density at radius 1 is 1.43 bits per heavy atom. The van der Waals surface area contributed by atoms with E-state index < -0.39 is 5.54 Å². The number of hydrogen-bond donors (Lipinski definition) is 1. The minimum atomic E-state index is -0.610. The average molecular weight is 291 g/mol. The second kappa shape index (κ2) is 6.94. The number of carbonyl (C=O) groups is 1. The molecule has 0 spiro atoms. The molecule has 2 atom stereocenters. The van der Waals surface area contributed by atoms with E-state index in [1.807, 2.05) is 45.2 Å². The van der Waals surface area contributed by atoms with Crippen LogP contribution in [0.5, 0.6) is 5.75 Å². The van der Waals surface area contributed by atoms with Crippen LogP contribution in [-0.4, -0.2) is 31.3 Å². The maximum atomic E-state index is 12.3. The van der Waals surface area contributed by atoms with Crippen molar-refractivity contribution in [3.05, 3.63) is 29.8 Å². The molecule has 2 unspecified atom stereocenters. The molecule has 4 heteroatoms. The van der Waals surface area contributed by atoms with Crippen molar-refractivity contribution in [2.24, 2.45) is 0 Å². The number of hydrogen-bond acceptors (Lipinski definition) is 4. The molecule has 0 radical (unpaired) electrons. The molecule has 0 bridgehead atoms. The van der Waals surface area contributed by atoms with Gasteiger partial charge in [-0.1, -0.05) is 18.2 Å². The summed E-state index contributed by atoms with van der Waals surface area (Å²) in [6.07, 6.45) is 3.41. The molecule has 1 fully saturated rings. The van der Waals surface area contributed by atoms with Gasteiger partial charge in [-0.05, 0) is 51.8 Å². The van der Waals surface area contributed by atoms with E-state index in [1.54, 1.807) is 0 Å². The second-order valence-electron chi connectivity index (χ2n) is 5.65. The topological polar surface area (TPSA) is 47.6 Å². The van der Waals surface area contributed by atoms with E-state index in [-0.39, 0.29) is 12.1 Å². The molecule has 0 amide bonds. The number of carbonyl (C=O) groups excluding carboxylic acids is 1. The third-order valence-corrected chi connectivity index (χ3v) is 4.24. The summed E-state index contributed by atoms with van der Waals surface area (Å²) in [6.45, 7) is 4.28. The van der Waals surface area contributed by atoms with Crippen molar-refractivity contribution in [2.45, 2.75) is 51.2 Å². The first-order chi connectivity index (χ1) is 10.1. The number of benzene rings is 1. The highest BCUT2D eigenvalue weighted by Gasteiger charge is 2.43. The van der Waals surface area contributed by atoms with Gasteiger partial charge in [0, 0.05) is 6.42 Å². The monoisotopic (exact) mass is 291 g/mol. The predicted octanol–water partition coefficient (Wildman–Crippen LogP) is 2.84. The van der Waals surface area contributed by atoms with E-state index in [1.165, 1.54) is 0 Å². The van der Waals surface area contributed by atoms with Crippen molar-refractivity contribution in [2.75, 3.05) is 13.7 Å². The first-order valence-electron chi connectivity index (χ1n) is 7.69. The minimum Gasteiger partial charge on any atom is -0.490 e. The number of nitrogens with one attached hydrogen (secondary N) is 1. The van der Waals surface area contributed by atoms with Gasteiger partial charge < -0.3 is 14.8 Å². The average Bonchev–Trinajstić information content (AvgIpc) is 2.50. The van der Waals surface area contributed by atoms with Crippen molar-refractivity contribution in [3.8, 4) is 5.75 Å². The Morgan fingerprint density at radius 3 is 2.86 bits per heavy atom. The maximum absolute atomic E-state index is 12.3. The quantitative estimate of drug-likeness (QED) is 0.847. The SMILES string of the molecule is CCOC(=O)C1(NC)CCCC(Oc2ccccc2C)C1. The first-order valence-corrected chi connectivity index (χ1v) is 7.69. The van der Waals surface area contributed by atoms with Gasteiger partial charge >= 0.3 is 5.97 Å². The Bertz CT molecular complexity index is 489. The van der Waals surface area contributed by atoms with Crippen molar-refractivity contribution in [3.63, 3.8) is 0 Å². The standard InChI is InChI=1S/C17H25NO3/c1-4-20-16(19)17(18-3)11-7-9-14(12-17)21-15-10-6-5-8-13(15)2/h5-6,8,10,14,18H,4,7,9,11-12H2,1-3H3. The van der Waals surface area contributed by atoms with Crippen molar-refractivity contribution < 1.29 is 14.3 Å². The fraction of sp³-hybridized carbons (Fsp3) is 0.588. The predicted molar refractivity (Wildman–Crippen MR) is 82.5 cm³/mol. The number of para-hydroxylation sites is 1. The van der Waals surface area contributed by atoms with Gasteiger partial charge in [0.15, 0.2) is 0 Å². The van der Waals surface area contributed by atoms with Crippen LogP contribution in [0, 0.1) is 6.92 Å². The fourth-order valence-corrected chi connectivity index (χ4v) is 2.98. The van der Waals surface area contributed by atoms with Crippen LogP contribution in [-0.2, 0) is 9.53 Å². The Kier molecular flexibility index (Phi) is 5.23. The molecule has 116 valence electrons. The van der Waals surface area contributed by atoms with Gasteiger partial charge in [-0.25, -0.2) is 0 Å². The molecule has 0 heterocycles. The summed E-state index contributed by atoms with van der Waals surface area (Å²) in [4.78, 5) is 12.3. The molecule has 1 aromatic carbocycles. The Balaban J connectivity index is 2.09. The van der Waals surface area contributed by atoms with E-state index in [0.717, 1.165) is 30.6 Å². The molecule has 0 aromatic heterocycles. The zero-order valence-corrected chi connectivity index (χ0v) is 13.1. The van der Waals surface area contributed by atoms with Crippen molar-refractivity contribution in [1.82, 2.24) is 5.32 Å². The van der Waals surface area contributed by atoms with Gasteiger partial charge in [0.05, 0.1) is 6.61 Å². The molecule has 1 aliphatic rings. The second-order valence-corrected chi connectivity index (χ2v) is 5.65. The van der Waals surface area contributed by atoms with E-state index >= 15 is 0 Å². The van der Waals surface area contributed by atoms with Crippen LogP contribution < -0.4 is 10.1 Å². The van der Waals surface area contributed by atoms with Crippen LogP contribution in [0.25, 0.3) is 0 Å². The largest absolute Gasteiger partial charge is 0.490 e. The highest BCUT2D eigenvalue weighted by molar-refractivity contribution is 5.81. The Morgan fingerprint density at radius 2 is 2.19 bits per heavy atom. The Labute approximate surface area is 126 Å².